The second-order valence-corrected chi connectivity index (χ2v) is 10.7. The van der Waals surface area contributed by atoms with E-state index in [9.17, 15) is 13.2 Å². The van der Waals surface area contributed by atoms with Crippen LogP contribution in [0.4, 0.5) is 0 Å². The van der Waals surface area contributed by atoms with E-state index in [4.69, 9.17) is 10.5 Å². The molecule has 1 aliphatic rings. The summed E-state index contributed by atoms with van der Waals surface area (Å²) in [4.78, 5) is 13.9. The van der Waals surface area contributed by atoms with Gasteiger partial charge in [0.1, 0.15) is 12.1 Å². The van der Waals surface area contributed by atoms with Crippen molar-refractivity contribution in [3.8, 4) is 5.75 Å². The van der Waals surface area contributed by atoms with E-state index in [1.165, 1.54) is 11.9 Å². The van der Waals surface area contributed by atoms with Gasteiger partial charge in [-0.05, 0) is 79.9 Å². The Hall–Kier alpha value is -2.60. The van der Waals surface area contributed by atoms with Crippen molar-refractivity contribution in [1.29, 1.82) is 0 Å². The Bertz CT molecular complexity index is 1160. The van der Waals surface area contributed by atoms with E-state index in [2.05, 4.69) is 15.2 Å². The molecule has 2 aromatic carbocycles. The van der Waals surface area contributed by atoms with Gasteiger partial charge >= 0.3 is 0 Å². The van der Waals surface area contributed by atoms with Crippen LogP contribution in [-0.2, 0) is 21.4 Å². The van der Waals surface area contributed by atoms with Crippen molar-refractivity contribution in [3.05, 3.63) is 52.6 Å². The highest BCUT2D eigenvalue weighted by Gasteiger charge is 2.27. The van der Waals surface area contributed by atoms with E-state index in [-0.39, 0.29) is 10.8 Å². The van der Waals surface area contributed by atoms with Crippen molar-refractivity contribution in [3.63, 3.8) is 0 Å². The predicted octanol–water partition coefficient (Wildman–Crippen LogP) is 2.59. The van der Waals surface area contributed by atoms with Gasteiger partial charge in [0.25, 0.3) is 10.0 Å². The molecule has 2 aromatic rings. The van der Waals surface area contributed by atoms with Crippen LogP contribution < -0.4 is 21.3 Å². The third kappa shape index (κ3) is 5.90. The topological polar surface area (TPSA) is 126 Å². The van der Waals surface area contributed by atoms with Crippen molar-refractivity contribution in [1.82, 2.24) is 15.2 Å². The van der Waals surface area contributed by atoms with Crippen molar-refractivity contribution in [2.24, 2.45) is 10.1 Å². The lowest BCUT2D eigenvalue weighted by molar-refractivity contribution is -0.127. The van der Waals surface area contributed by atoms with E-state index < -0.39 is 16.1 Å². The number of nitrogens with zero attached hydrogens (tertiary/aromatic N) is 2. The first-order chi connectivity index (χ1) is 16.2. The number of ether oxygens (including phenoxy) is 1. The minimum absolute atomic E-state index is 0.0951. The summed E-state index contributed by atoms with van der Waals surface area (Å²) >= 11 is 1.42. The summed E-state index contributed by atoms with van der Waals surface area (Å²) in [6.07, 6.45) is 2.23. The normalized spacial score (nSPS) is 14.3. The van der Waals surface area contributed by atoms with Gasteiger partial charge in [-0.1, -0.05) is 18.2 Å². The molecular formula is C23H31N5O4S2. The number of amides is 1. The molecule has 0 bridgehead atoms. The number of sulfonamides is 1. The van der Waals surface area contributed by atoms with Crippen LogP contribution in [0.25, 0.3) is 0 Å². The first kappa shape index (κ1) is 26.0. The standard InChI is InChI=1S/C23H31N5O4S2/c1-15-12-20(32-4)16(2)17(3)22(15)34(30,31)27-14-26-25-11-7-9-19(24)23(29)28-13-18-8-5-6-10-21(18)33-28/h5-6,8,10,12,14,19,25H,7,9,11,13,24H2,1-4H3,(H,26,27)/t19-/m1/s1. The number of carbonyl (C=O) groups is 1. The number of hydrazine groups is 1. The lowest BCUT2D eigenvalue weighted by Gasteiger charge is -2.19. The molecule has 0 aromatic heterocycles. The zero-order chi connectivity index (χ0) is 24.9. The van der Waals surface area contributed by atoms with Crippen LogP contribution >= 0.6 is 11.9 Å². The highest BCUT2D eigenvalue weighted by Crippen LogP contribution is 2.36. The highest BCUT2D eigenvalue weighted by atomic mass is 32.2. The Morgan fingerprint density at radius 3 is 2.74 bits per heavy atom. The number of hydrogen-bond donors (Lipinski definition) is 3. The summed E-state index contributed by atoms with van der Waals surface area (Å²) in [6, 6.07) is 9.02. The van der Waals surface area contributed by atoms with Gasteiger partial charge in [-0.3, -0.25) is 9.10 Å². The van der Waals surface area contributed by atoms with Crippen LogP contribution in [-0.4, -0.2) is 44.7 Å². The first-order valence-electron chi connectivity index (χ1n) is 10.9. The van der Waals surface area contributed by atoms with Gasteiger partial charge < -0.3 is 15.9 Å². The van der Waals surface area contributed by atoms with Crippen LogP contribution in [0.1, 0.15) is 35.1 Å². The summed E-state index contributed by atoms with van der Waals surface area (Å²) in [5.74, 6) is 0.546. The molecular weight excluding hydrogens is 474 g/mol. The maximum Gasteiger partial charge on any atom is 0.284 e. The van der Waals surface area contributed by atoms with Gasteiger partial charge in [0.05, 0.1) is 24.6 Å². The Morgan fingerprint density at radius 2 is 2.03 bits per heavy atom. The highest BCUT2D eigenvalue weighted by molar-refractivity contribution is 7.97. The molecule has 1 aliphatic heterocycles. The van der Waals surface area contributed by atoms with E-state index in [1.54, 1.807) is 31.3 Å². The Kier molecular flexibility index (Phi) is 8.58. The maximum atomic E-state index is 12.7. The van der Waals surface area contributed by atoms with Gasteiger partial charge in [0, 0.05) is 11.4 Å². The average molecular weight is 506 g/mol. The first-order valence-corrected chi connectivity index (χ1v) is 13.1. The van der Waals surface area contributed by atoms with E-state index in [0.29, 0.717) is 42.8 Å². The fraction of sp³-hybridized carbons (Fsp3) is 0.391. The lowest BCUT2D eigenvalue weighted by Crippen LogP contribution is -2.40. The quantitative estimate of drug-likeness (QED) is 0.148. The van der Waals surface area contributed by atoms with E-state index in [0.717, 1.165) is 22.4 Å². The van der Waals surface area contributed by atoms with Gasteiger partial charge in [-0.15, -0.1) is 4.40 Å². The second-order valence-electron chi connectivity index (χ2n) is 8.08. The van der Waals surface area contributed by atoms with Crippen molar-refractivity contribution in [2.45, 2.75) is 56.0 Å². The van der Waals surface area contributed by atoms with Crippen LogP contribution in [0, 0.1) is 20.8 Å². The summed E-state index contributed by atoms with van der Waals surface area (Å²) < 4.78 is 36.2. The van der Waals surface area contributed by atoms with Crippen LogP contribution in [0.15, 0.2) is 44.5 Å². The SMILES string of the molecule is COc1cc(C)c(S(=O)(=O)N=CNNCCC[C@@H](N)C(=O)N2Cc3ccccc3S2)c(C)c1C. The second kappa shape index (κ2) is 11.2. The van der Waals surface area contributed by atoms with Gasteiger partial charge in [0.15, 0.2) is 0 Å². The Labute approximate surface area is 205 Å². The lowest BCUT2D eigenvalue weighted by atomic mass is 10.1. The largest absolute Gasteiger partial charge is 0.496 e. The van der Waals surface area contributed by atoms with Gasteiger partial charge in [0.2, 0.25) is 5.91 Å². The van der Waals surface area contributed by atoms with Crippen molar-refractivity contribution >= 4 is 34.2 Å². The number of fused-ring (bicyclic) bond motifs is 1. The van der Waals surface area contributed by atoms with Crippen molar-refractivity contribution in [2.75, 3.05) is 13.7 Å². The minimum Gasteiger partial charge on any atom is -0.496 e. The number of carbonyl (C=O) groups excluding carboxylic acids is 1. The zero-order valence-electron chi connectivity index (χ0n) is 19.8. The number of methoxy groups -OCH3 is 1. The predicted molar refractivity (Wildman–Crippen MR) is 134 cm³/mol. The molecule has 0 fully saturated rings. The molecule has 184 valence electrons. The average Bonchev–Trinajstić information content (AvgIpc) is 3.24. The van der Waals surface area contributed by atoms with Gasteiger partial charge in [-0.2, -0.15) is 8.42 Å². The molecule has 3 rings (SSSR count). The molecule has 11 heteroatoms. The number of aryl methyl sites for hydroxylation is 1. The van der Waals surface area contributed by atoms with Gasteiger partial charge in [-0.25, -0.2) is 5.43 Å². The Balaban J connectivity index is 1.43. The summed E-state index contributed by atoms with van der Waals surface area (Å²) in [6.45, 7) is 6.31. The molecule has 0 saturated heterocycles. The molecule has 0 radical (unpaired) electrons. The molecule has 0 saturated carbocycles. The van der Waals surface area contributed by atoms with Crippen LogP contribution in [0.3, 0.4) is 0 Å². The summed E-state index contributed by atoms with van der Waals surface area (Å²) in [5, 5.41) is 0. The maximum absolute atomic E-state index is 12.7. The summed E-state index contributed by atoms with van der Waals surface area (Å²) in [5.41, 5.74) is 14.7. The van der Waals surface area contributed by atoms with Crippen LogP contribution in [0.2, 0.25) is 0 Å². The van der Waals surface area contributed by atoms with Crippen LogP contribution in [0.5, 0.6) is 5.75 Å². The fourth-order valence-corrected chi connectivity index (χ4v) is 6.13. The molecule has 1 atom stereocenters. The third-order valence-corrected chi connectivity index (χ3v) is 8.34. The summed E-state index contributed by atoms with van der Waals surface area (Å²) in [7, 11) is -2.33. The van der Waals surface area contributed by atoms with E-state index in [1.807, 2.05) is 31.2 Å². The molecule has 34 heavy (non-hydrogen) atoms. The molecule has 0 aliphatic carbocycles. The third-order valence-electron chi connectivity index (χ3n) is 5.69. The monoisotopic (exact) mass is 505 g/mol. The molecule has 0 spiro atoms. The fourth-order valence-electron chi connectivity index (χ4n) is 3.77. The number of benzene rings is 2. The number of nitrogens with one attached hydrogen (secondary N) is 2. The minimum atomic E-state index is -3.88. The number of rotatable bonds is 10. The molecule has 1 heterocycles. The Morgan fingerprint density at radius 1 is 1.29 bits per heavy atom. The molecule has 1 amide bonds. The molecule has 9 nitrogen and oxygen atoms in total. The number of nitrogens with two attached hydrogens (primary N) is 1. The van der Waals surface area contributed by atoms with Crippen molar-refractivity contribution < 1.29 is 17.9 Å². The molecule has 0 unspecified atom stereocenters. The smallest absolute Gasteiger partial charge is 0.284 e. The zero-order valence-corrected chi connectivity index (χ0v) is 21.4. The molecule has 4 N–H and O–H groups in total. The van der Waals surface area contributed by atoms with E-state index >= 15 is 0 Å². The number of hydrogen-bond acceptors (Lipinski definition) is 7.